The molecule has 1 atom stereocenters. The first-order chi connectivity index (χ1) is 15.5. The molecule has 1 aromatic heterocycles. The van der Waals surface area contributed by atoms with Crippen LogP contribution in [0.2, 0.25) is 5.15 Å². The highest BCUT2D eigenvalue weighted by atomic mass is 35.5. The summed E-state index contributed by atoms with van der Waals surface area (Å²) in [5.41, 5.74) is 2.01. The number of carbonyl (C=O) groups is 2. The van der Waals surface area contributed by atoms with Gasteiger partial charge in [0.05, 0.1) is 0 Å². The van der Waals surface area contributed by atoms with Crippen LogP contribution in [0, 0.1) is 11.3 Å². The molecule has 3 fully saturated rings. The van der Waals surface area contributed by atoms with E-state index in [1.807, 2.05) is 11.0 Å². The van der Waals surface area contributed by atoms with Crippen molar-refractivity contribution in [3.8, 4) is 0 Å². The number of nitrogens with zero attached hydrogens (tertiary/aromatic N) is 4. The van der Waals surface area contributed by atoms with Crippen LogP contribution in [-0.2, 0) is 11.3 Å². The first kappa shape index (κ1) is 21.4. The molecule has 2 saturated heterocycles. The Morgan fingerprint density at radius 2 is 1.69 bits per heavy atom. The summed E-state index contributed by atoms with van der Waals surface area (Å²) in [6, 6.07) is 13.8. The van der Waals surface area contributed by atoms with Crippen LogP contribution in [0.3, 0.4) is 0 Å². The SMILES string of the molecule is O=C(c1ccnc(Cl)c1)N1CCC2(CC1)CC2C(=O)N1CCN(Cc2ccccc2)CC1. The Balaban J connectivity index is 1.10. The lowest BCUT2D eigenvalue weighted by molar-refractivity contribution is -0.135. The third-order valence-corrected chi connectivity index (χ3v) is 7.65. The van der Waals surface area contributed by atoms with Crippen molar-refractivity contribution in [3.63, 3.8) is 0 Å². The number of carbonyl (C=O) groups excluding carboxylic acids is 2. The van der Waals surface area contributed by atoms with E-state index in [0.29, 0.717) is 29.7 Å². The summed E-state index contributed by atoms with van der Waals surface area (Å²) in [6.45, 7) is 5.83. The molecule has 7 heteroatoms. The number of benzene rings is 1. The lowest BCUT2D eigenvalue weighted by Gasteiger charge is -2.36. The van der Waals surface area contributed by atoms with Crippen LogP contribution in [0.4, 0.5) is 0 Å². The van der Waals surface area contributed by atoms with Gasteiger partial charge in [-0.2, -0.15) is 0 Å². The first-order valence-corrected chi connectivity index (χ1v) is 11.9. The van der Waals surface area contributed by atoms with Crippen LogP contribution in [0.1, 0.15) is 35.2 Å². The highest BCUT2D eigenvalue weighted by Gasteiger charge is 2.59. The van der Waals surface area contributed by atoms with E-state index in [-0.39, 0.29) is 17.2 Å². The van der Waals surface area contributed by atoms with Gasteiger partial charge in [0, 0.05) is 63.5 Å². The minimum Gasteiger partial charge on any atom is -0.340 e. The Hall–Kier alpha value is -2.44. The molecule has 32 heavy (non-hydrogen) atoms. The van der Waals surface area contributed by atoms with Gasteiger partial charge >= 0.3 is 0 Å². The predicted octanol–water partition coefficient (Wildman–Crippen LogP) is 3.32. The number of pyridine rings is 1. The molecule has 2 amide bonds. The van der Waals surface area contributed by atoms with E-state index in [0.717, 1.165) is 52.0 Å². The van der Waals surface area contributed by atoms with Crippen molar-refractivity contribution in [1.82, 2.24) is 19.7 Å². The van der Waals surface area contributed by atoms with E-state index < -0.39 is 0 Å². The van der Waals surface area contributed by atoms with Gasteiger partial charge in [-0.3, -0.25) is 14.5 Å². The second-order valence-electron chi connectivity index (χ2n) is 9.37. The molecule has 1 aromatic carbocycles. The zero-order chi connectivity index (χ0) is 22.1. The average Bonchev–Trinajstić information content (AvgIpc) is 3.53. The standard InChI is InChI=1S/C25H29ClN4O2/c26-22-16-20(6-9-27-22)23(31)29-10-7-25(8-11-29)17-21(25)24(32)30-14-12-28(13-15-30)18-19-4-2-1-3-5-19/h1-6,9,16,21H,7-8,10-15,17-18H2. The smallest absolute Gasteiger partial charge is 0.254 e. The average molecular weight is 453 g/mol. The Morgan fingerprint density at radius 3 is 2.38 bits per heavy atom. The molecular weight excluding hydrogens is 424 g/mol. The molecule has 1 saturated carbocycles. The Kier molecular flexibility index (Phi) is 5.91. The van der Waals surface area contributed by atoms with Gasteiger partial charge in [0.25, 0.3) is 5.91 Å². The highest BCUT2D eigenvalue weighted by Crippen LogP contribution is 2.60. The van der Waals surface area contributed by atoms with Crippen LogP contribution >= 0.6 is 11.6 Å². The third-order valence-electron chi connectivity index (χ3n) is 7.44. The summed E-state index contributed by atoms with van der Waals surface area (Å²) >= 11 is 5.93. The number of rotatable bonds is 4. The van der Waals surface area contributed by atoms with Crippen LogP contribution < -0.4 is 0 Å². The molecule has 6 nitrogen and oxygen atoms in total. The first-order valence-electron chi connectivity index (χ1n) is 11.5. The monoisotopic (exact) mass is 452 g/mol. The fraction of sp³-hybridized carbons (Fsp3) is 0.480. The maximum atomic E-state index is 13.2. The quantitative estimate of drug-likeness (QED) is 0.668. The minimum absolute atomic E-state index is 0.00205. The summed E-state index contributed by atoms with van der Waals surface area (Å²) in [6.07, 6.45) is 4.35. The Bertz CT molecular complexity index is 982. The van der Waals surface area contributed by atoms with Crippen molar-refractivity contribution in [3.05, 3.63) is 64.9 Å². The normalized spacial score (nSPS) is 22.7. The number of piperazine rings is 1. The molecule has 3 aliphatic rings. The van der Waals surface area contributed by atoms with Gasteiger partial charge in [0.2, 0.25) is 5.91 Å². The van der Waals surface area contributed by atoms with E-state index in [1.165, 1.54) is 5.56 Å². The lowest BCUT2D eigenvalue weighted by atomic mass is 9.90. The van der Waals surface area contributed by atoms with E-state index in [9.17, 15) is 9.59 Å². The van der Waals surface area contributed by atoms with Crippen LogP contribution in [-0.4, -0.2) is 70.8 Å². The summed E-state index contributed by atoms with van der Waals surface area (Å²) in [7, 11) is 0. The topological polar surface area (TPSA) is 56.8 Å². The summed E-state index contributed by atoms with van der Waals surface area (Å²) in [5, 5.41) is 0.334. The number of amides is 2. The molecule has 2 aliphatic heterocycles. The van der Waals surface area contributed by atoms with Gasteiger partial charge in [-0.15, -0.1) is 0 Å². The Morgan fingerprint density at radius 1 is 0.969 bits per heavy atom. The zero-order valence-electron chi connectivity index (χ0n) is 18.3. The van der Waals surface area contributed by atoms with Gasteiger partial charge in [0.1, 0.15) is 5.15 Å². The van der Waals surface area contributed by atoms with Crippen molar-refractivity contribution in [1.29, 1.82) is 0 Å². The fourth-order valence-electron chi connectivity index (χ4n) is 5.31. The molecule has 0 radical (unpaired) electrons. The second kappa shape index (κ2) is 8.83. The molecule has 168 valence electrons. The molecule has 3 heterocycles. The zero-order valence-corrected chi connectivity index (χ0v) is 19.0. The maximum Gasteiger partial charge on any atom is 0.254 e. The summed E-state index contributed by atoms with van der Waals surface area (Å²) in [4.78, 5) is 36.3. The molecule has 2 aromatic rings. The van der Waals surface area contributed by atoms with E-state index in [2.05, 4.69) is 39.0 Å². The van der Waals surface area contributed by atoms with Gasteiger partial charge in [-0.1, -0.05) is 41.9 Å². The molecule has 1 unspecified atom stereocenters. The number of piperidine rings is 1. The van der Waals surface area contributed by atoms with E-state index in [4.69, 9.17) is 11.6 Å². The van der Waals surface area contributed by atoms with Crippen molar-refractivity contribution < 1.29 is 9.59 Å². The highest BCUT2D eigenvalue weighted by molar-refractivity contribution is 6.29. The van der Waals surface area contributed by atoms with Crippen LogP contribution in [0.15, 0.2) is 48.7 Å². The molecule has 0 bridgehead atoms. The molecule has 0 N–H and O–H groups in total. The lowest BCUT2D eigenvalue weighted by Crippen LogP contribution is -2.49. The number of halogens is 1. The maximum absolute atomic E-state index is 13.2. The molecule has 1 aliphatic carbocycles. The molecule has 5 rings (SSSR count). The molecular formula is C25H29ClN4O2. The van der Waals surface area contributed by atoms with Crippen molar-refractivity contribution in [2.24, 2.45) is 11.3 Å². The van der Waals surface area contributed by atoms with Crippen molar-refractivity contribution in [2.75, 3.05) is 39.3 Å². The number of aromatic nitrogens is 1. The second-order valence-corrected chi connectivity index (χ2v) is 9.75. The van der Waals surface area contributed by atoms with Crippen LogP contribution in [0.5, 0.6) is 0 Å². The van der Waals surface area contributed by atoms with E-state index >= 15 is 0 Å². The van der Waals surface area contributed by atoms with E-state index in [1.54, 1.807) is 18.3 Å². The third kappa shape index (κ3) is 4.39. The van der Waals surface area contributed by atoms with Crippen LogP contribution in [0.25, 0.3) is 0 Å². The van der Waals surface area contributed by atoms with Gasteiger partial charge in [0.15, 0.2) is 0 Å². The van der Waals surface area contributed by atoms with Gasteiger partial charge in [-0.05, 0) is 42.4 Å². The summed E-state index contributed by atoms with van der Waals surface area (Å²) in [5.74, 6) is 0.461. The van der Waals surface area contributed by atoms with Crippen molar-refractivity contribution >= 4 is 23.4 Å². The number of likely N-dealkylation sites (tertiary alicyclic amines) is 1. The largest absolute Gasteiger partial charge is 0.340 e. The van der Waals surface area contributed by atoms with Crippen molar-refractivity contribution in [2.45, 2.75) is 25.8 Å². The predicted molar refractivity (Wildman–Crippen MR) is 123 cm³/mol. The fourth-order valence-corrected chi connectivity index (χ4v) is 5.48. The number of hydrogen-bond donors (Lipinski definition) is 0. The van der Waals surface area contributed by atoms with Gasteiger partial charge in [-0.25, -0.2) is 4.98 Å². The van der Waals surface area contributed by atoms with Gasteiger partial charge < -0.3 is 9.80 Å². The number of hydrogen-bond acceptors (Lipinski definition) is 4. The molecule has 1 spiro atoms. The minimum atomic E-state index is 0.00205. The summed E-state index contributed by atoms with van der Waals surface area (Å²) < 4.78 is 0. The Labute approximate surface area is 194 Å².